The molecule has 0 spiro atoms. The number of piperidine rings is 1. The van der Waals surface area contributed by atoms with Crippen LogP contribution < -0.4 is 5.32 Å². The molecule has 0 bridgehead atoms. The van der Waals surface area contributed by atoms with Crippen molar-refractivity contribution in [1.29, 1.82) is 0 Å². The van der Waals surface area contributed by atoms with E-state index in [9.17, 15) is 9.59 Å². The van der Waals surface area contributed by atoms with Crippen LogP contribution in [0.3, 0.4) is 0 Å². The second kappa shape index (κ2) is 7.33. The van der Waals surface area contributed by atoms with Crippen LogP contribution in [0.1, 0.15) is 23.3 Å². The third-order valence-corrected chi connectivity index (χ3v) is 3.47. The van der Waals surface area contributed by atoms with Gasteiger partial charge in [0, 0.05) is 26.2 Å². The van der Waals surface area contributed by atoms with Crippen LogP contribution in [0.4, 0.5) is 0 Å². The Balaban J connectivity index is 1.83. The van der Waals surface area contributed by atoms with E-state index in [0.717, 1.165) is 0 Å². The molecule has 1 fully saturated rings. The summed E-state index contributed by atoms with van der Waals surface area (Å²) >= 11 is 5.71. The van der Waals surface area contributed by atoms with Gasteiger partial charge in [-0.15, -0.1) is 0 Å². The van der Waals surface area contributed by atoms with E-state index in [-0.39, 0.29) is 35.3 Å². The third kappa shape index (κ3) is 4.37. The normalized spacial score (nSPS) is 15.8. The van der Waals surface area contributed by atoms with Gasteiger partial charge in [0.1, 0.15) is 17.5 Å². The summed E-state index contributed by atoms with van der Waals surface area (Å²) in [5.41, 5.74) is 0.195. The Morgan fingerprint density at radius 3 is 2.76 bits per heavy atom. The van der Waals surface area contributed by atoms with Gasteiger partial charge in [-0.1, -0.05) is 11.6 Å². The lowest BCUT2D eigenvalue weighted by Gasteiger charge is -2.32. The largest absolute Gasteiger partial charge is 0.375 e. The van der Waals surface area contributed by atoms with Crippen LogP contribution in [0.5, 0.6) is 0 Å². The van der Waals surface area contributed by atoms with Gasteiger partial charge in [-0.3, -0.25) is 14.6 Å². The van der Waals surface area contributed by atoms with Crippen molar-refractivity contribution in [3.8, 4) is 0 Å². The van der Waals surface area contributed by atoms with Crippen molar-refractivity contribution in [1.82, 2.24) is 20.2 Å². The lowest BCUT2D eigenvalue weighted by atomic mass is 10.0. The zero-order valence-electron chi connectivity index (χ0n) is 11.7. The van der Waals surface area contributed by atoms with Gasteiger partial charge in [0.2, 0.25) is 5.91 Å². The number of rotatable bonds is 4. The number of likely N-dealkylation sites (tertiary alicyclic amines) is 1. The second-order valence-corrected chi connectivity index (χ2v) is 5.18. The standard InChI is InChI=1S/C13H17ClN4O3/c1-21-8-12(19)18-4-2-9(3-5-18)16-13(20)10-6-15-7-11(14)17-10/h6-7,9H,2-5,8H2,1H3,(H,16,20). The highest BCUT2D eigenvalue weighted by molar-refractivity contribution is 6.29. The molecule has 1 aromatic heterocycles. The van der Waals surface area contributed by atoms with Crippen LogP contribution in [-0.4, -0.2) is 59.5 Å². The Bertz CT molecular complexity index is 518. The number of nitrogens with one attached hydrogen (secondary N) is 1. The van der Waals surface area contributed by atoms with Gasteiger partial charge < -0.3 is 15.0 Å². The van der Waals surface area contributed by atoms with Crippen LogP contribution in [0.25, 0.3) is 0 Å². The van der Waals surface area contributed by atoms with Crippen molar-refractivity contribution >= 4 is 23.4 Å². The highest BCUT2D eigenvalue weighted by atomic mass is 35.5. The highest BCUT2D eigenvalue weighted by Crippen LogP contribution is 2.11. The quantitative estimate of drug-likeness (QED) is 0.875. The topological polar surface area (TPSA) is 84.4 Å². The Labute approximate surface area is 127 Å². The first kappa shape index (κ1) is 15.7. The molecule has 0 unspecified atom stereocenters. The van der Waals surface area contributed by atoms with Crippen molar-refractivity contribution in [2.24, 2.45) is 0 Å². The van der Waals surface area contributed by atoms with E-state index in [0.29, 0.717) is 25.9 Å². The summed E-state index contributed by atoms with van der Waals surface area (Å²) < 4.78 is 4.83. The summed E-state index contributed by atoms with van der Waals surface area (Å²) in [7, 11) is 1.50. The summed E-state index contributed by atoms with van der Waals surface area (Å²) in [6, 6.07) is 0.0184. The fourth-order valence-electron chi connectivity index (χ4n) is 2.20. The van der Waals surface area contributed by atoms with E-state index in [2.05, 4.69) is 15.3 Å². The number of amides is 2. The Morgan fingerprint density at radius 1 is 1.43 bits per heavy atom. The van der Waals surface area contributed by atoms with Crippen molar-refractivity contribution in [3.63, 3.8) is 0 Å². The maximum absolute atomic E-state index is 12.0. The molecule has 0 atom stereocenters. The average Bonchev–Trinajstić information content (AvgIpc) is 2.48. The molecule has 8 heteroatoms. The highest BCUT2D eigenvalue weighted by Gasteiger charge is 2.24. The minimum absolute atomic E-state index is 0.0184. The number of hydrogen-bond acceptors (Lipinski definition) is 5. The Hall–Kier alpha value is -1.73. The number of aromatic nitrogens is 2. The van der Waals surface area contributed by atoms with E-state index in [1.54, 1.807) is 4.90 Å². The summed E-state index contributed by atoms with van der Waals surface area (Å²) in [5, 5.41) is 3.07. The van der Waals surface area contributed by atoms with E-state index in [1.165, 1.54) is 19.5 Å². The predicted molar refractivity (Wildman–Crippen MR) is 76.0 cm³/mol. The summed E-state index contributed by atoms with van der Waals surface area (Å²) in [4.78, 5) is 33.2. The predicted octanol–water partition coefficient (Wildman–Crippen LogP) is 0.497. The van der Waals surface area contributed by atoms with Crippen LogP contribution in [0, 0.1) is 0 Å². The minimum atomic E-state index is -0.299. The van der Waals surface area contributed by atoms with Gasteiger partial charge in [-0.25, -0.2) is 4.98 Å². The lowest BCUT2D eigenvalue weighted by Crippen LogP contribution is -2.47. The molecule has 0 saturated carbocycles. The molecular formula is C13H17ClN4O3. The van der Waals surface area contributed by atoms with Crippen LogP contribution in [-0.2, 0) is 9.53 Å². The van der Waals surface area contributed by atoms with Gasteiger partial charge in [0.15, 0.2) is 0 Å². The van der Waals surface area contributed by atoms with Crippen molar-refractivity contribution in [3.05, 3.63) is 23.2 Å². The maximum Gasteiger partial charge on any atom is 0.271 e. The van der Waals surface area contributed by atoms with Gasteiger partial charge in [0.05, 0.1) is 12.4 Å². The molecule has 1 aliphatic rings. The van der Waals surface area contributed by atoms with Crippen LogP contribution in [0.15, 0.2) is 12.4 Å². The molecule has 2 heterocycles. The number of methoxy groups -OCH3 is 1. The molecule has 2 amide bonds. The molecule has 1 aliphatic heterocycles. The average molecular weight is 313 g/mol. The molecular weight excluding hydrogens is 296 g/mol. The smallest absolute Gasteiger partial charge is 0.271 e. The van der Waals surface area contributed by atoms with Crippen molar-refractivity contribution in [2.45, 2.75) is 18.9 Å². The Kier molecular flexibility index (Phi) is 5.46. The van der Waals surface area contributed by atoms with Gasteiger partial charge in [0.25, 0.3) is 5.91 Å². The third-order valence-electron chi connectivity index (χ3n) is 3.29. The Morgan fingerprint density at radius 2 is 2.14 bits per heavy atom. The first-order valence-electron chi connectivity index (χ1n) is 6.65. The number of nitrogens with zero attached hydrogens (tertiary/aromatic N) is 3. The lowest BCUT2D eigenvalue weighted by molar-refractivity contribution is -0.136. The number of carbonyl (C=O) groups is 2. The molecule has 0 aromatic carbocycles. The van der Waals surface area contributed by atoms with E-state index in [4.69, 9.17) is 16.3 Å². The van der Waals surface area contributed by atoms with Crippen molar-refractivity contribution in [2.75, 3.05) is 26.8 Å². The maximum atomic E-state index is 12.0. The number of ether oxygens (including phenoxy) is 1. The first-order valence-corrected chi connectivity index (χ1v) is 7.03. The van der Waals surface area contributed by atoms with Crippen molar-refractivity contribution < 1.29 is 14.3 Å². The molecule has 1 N–H and O–H groups in total. The SMILES string of the molecule is COCC(=O)N1CCC(NC(=O)c2cncc(Cl)n2)CC1. The molecule has 0 radical (unpaired) electrons. The molecule has 1 saturated heterocycles. The second-order valence-electron chi connectivity index (χ2n) is 4.79. The van der Waals surface area contributed by atoms with Gasteiger partial charge >= 0.3 is 0 Å². The fraction of sp³-hybridized carbons (Fsp3) is 0.538. The van der Waals surface area contributed by atoms with E-state index in [1.807, 2.05) is 0 Å². The zero-order valence-corrected chi connectivity index (χ0v) is 12.5. The number of carbonyl (C=O) groups excluding carboxylic acids is 2. The summed E-state index contributed by atoms with van der Waals surface area (Å²) in [6.45, 7) is 1.30. The molecule has 2 rings (SSSR count). The molecule has 21 heavy (non-hydrogen) atoms. The van der Waals surface area contributed by atoms with Gasteiger partial charge in [-0.05, 0) is 12.8 Å². The molecule has 114 valence electrons. The molecule has 0 aliphatic carbocycles. The first-order chi connectivity index (χ1) is 10.1. The van der Waals surface area contributed by atoms with Crippen LogP contribution in [0.2, 0.25) is 5.15 Å². The summed E-state index contributed by atoms with van der Waals surface area (Å²) in [6.07, 6.45) is 4.15. The fourth-order valence-corrected chi connectivity index (χ4v) is 2.35. The van der Waals surface area contributed by atoms with E-state index >= 15 is 0 Å². The molecule has 1 aromatic rings. The zero-order chi connectivity index (χ0) is 15.2. The number of hydrogen-bond donors (Lipinski definition) is 1. The number of halogens is 1. The van der Waals surface area contributed by atoms with Gasteiger partial charge in [-0.2, -0.15) is 0 Å². The van der Waals surface area contributed by atoms with E-state index < -0.39 is 0 Å². The monoisotopic (exact) mass is 312 g/mol. The summed E-state index contributed by atoms with van der Waals surface area (Å²) in [5.74, 6) is -0.324. The minimum Gasteiger partial charge on any atom is -0.375 e. The molecule has 7 nitrogen and oxygen atoms in total. The van der Waals surface area contributed by atoms with Crippen LogP contribution >= 0.6 is 11.6 Å².